The molecule has 4 N–H and O–H groups in total. The quantitative estimate of drug-likeness (QED) is 0.674. The first-order valence-electron chi connectivity index (χ1n) is 5.40. The first kappa shape index (κ1) is 11.6. The molecule has 1 aromatic carbocycles. The van der Waals surface area contributed by atoms with E-state index < -0.39 is 0 Å². The van der Waals surface area contributed by atoms with Gasteiger partial charge in [0.1, 0.15) is 0 Å². The molecule has 0 amide bonds. The standard InChI is InChI=1S/C12H10Cl2N4/c13-8-2-1-7-10(6-4-16-17-5-6)9(3-15)18-12(7)11(8)14/h1-2,4-5,18H,3,15H2,(H,16,17). The molecule has 0 radical (unpaired) electrons. The van der Waals surface area contributed by atoms with E-state index in [1.807, 2.05) is 12.3 Å². The smallest absolute Gasteiger partial charge is 0.0833 e. The summed E-state index contributed by atoms with van der Waals surface area (Å²) >= 11 is 12.2. The van der Waals surface area contributed by atoms with Gasteiger partial charge in [0.15, 0.2) is 0 Å². The summed E-state index contributed by atoms with van der Waals surface area (Å²) in [6.45, 7) is 0.392. The molecule has 6 heteroatoms. The van der Waals surface area contributed by atoms with Crippen molar-refractivity contribution in [1.29, 1.82) is 0 Å². The third-order valence-electron chi connectivity index (χ3n) is 2.93. The summed E-state index contributed by atoms with van der Waals surface area (Å²) in [6, 6.07) is 3.71. The van der Waals surface area contributed by atoms with Crippen LogP contribution in [0.15, 0.2) is 24.5 Å². The third kappa shape index (κ3) is 1.61. The van der Waals surface area contributed by atoms with Gasteiger partial charge in [-0.3, -0.25) is 5.10 Å². The van der Waals surface area contributed by atoms with Crippen LogP contribution in [0.5, 0.6) is 0 Å². The zero-order valence-electron chi connectivity index (χ0n) is 9.30. The van der Waals surface area contributed by atoms with Crippen molar-refractivity contribution in [2.45, 2.75) is 6.54 Å². The van der Waals surface area contributed by atoms with Gasteiger partial charge >= 0.3 is 0 Å². The second-order valence-electron chi connectivity index (χ2n) is 3.95. The number of rotatable bonds is 2. The molecule has 2 heterocycles. The highest BCUT2D eigenvalue weighted by Gasteiger charge is 2.16. The fourth-order valence-electron chi connectivity index (χ4n) is 2.13. The number of fused-ring (bicyclic) bond motifs is 1. The lowest BCUT2D eigenvalue weighted by Crippen LogP contribution is -1.97. The summed E-state index contributed by atoms with van der Waals surface area (Å²) in [7, 11) is 0. The first-order chi connectivity index (χ1) is 8.72. The highest BCUT2D eigenvalue weighted by Crippen LogP contribution is 2.37. The van der Waals surface area contributed by atoms with Crippen LogP contribution in [0.2, 0.25) is 10.0 Å². The number of hydrogen-bond donors (Lipinski definition) is 3. The SMILES string of the molecule is NCc1[nH]c2c(Cl)c(Cl)ccc2c1-c1cn[nH]c1. The second-order valence-corrected chi connectivity index (χ2v) is 4.74. The Morgan fingerprint density at radius 1 is 1.28 bits per heavy atom. The number of hydrogen-bond acceptors (Lipinski definition) is 2. The van der Waals surface area contributed by atoms with Crippen LogP contribution in [0.25, 0.3) is 22.0 Å². The Morgan fingerprint density at radius 2 is 2.11 bits per heavy atom. The Hall–Kier alpha value is -1.49. The minimum Gasteiger partial charge on any atom is -0.356 e. The molecule has 2 aromatic heterocycles. The number of H-pyrrole nitrogens is 2. The fourth-order valence-corrected chi connectivity index (χ4v) is 2.50. The first-order valence-corrected chi connectivity index (χ1v) is 6.15. The predicted octanol–water partition coefficient (Wildman–Crippen LogP) is 3.32. The predicted molar refractivity (Wildman–Crippen MR) is 73.8 cm³/mol. The van der Waals surface area contributed by atoms with Gasteiger partial charge in [-0.2, -0.15) is 5.10 Å². The highest BCUT2D eigenvalue weighted by molar-refractivity contribution is 6.45. The van der Waals surface area contributed by atoms with E-state index in [0.29, 0.717) is 16.6 Å². The molecule has 3 rings (SSSR count). The summed E-state index contributed by atoms with van der Waals surface area (Å²) in [5.41, 5.74) is 9.48. The Morgan fingerprint density at radius 3 is 2.78 bits per heavy atom. The van der Waals surface area contributed by atoms with Gasteiger partial charge in [-0.1, -0.05) is 29.3 Å². The summed E-state index contributed by atoms with van der Waals surface area (Å²) in [5, 5.41) is 8.78. The fraction of sp³-hybridized carbons (Fsp3) is 0.0833. The minimum atomic E-state index is 0.392. The number of nitrogens with zero attached hydrogens (tertiary/aromatic N) is 1. The molecule has 0 aliphatic heterocycles. The number of halogens is 2. The maximum absolute atomic E-state index is 6.20. The molecule has 0 bridgehead atoms. The number of nitrogens with two attached hydrogens (primary N) is 1. The lowest BCUT2D eigenvalue weighted by Gasteiger charge is -1.99. The normalized spacial score (nSPS) is 11.3. The van der Waals surface area contributed by atoms with Crippen molar-refractivity contribution < 1.29 is 0 Å². The van der Waals surface area contributed by atoms with Gasteiger partial charge in [-0.05, 0) is 6.07 Å². The van der Waals surface area contributed by atoms with Crippen LogP contribution in [-0.2, 0) is 6.54 Å². The van der Waals surface area contributed by atoms with E-state index in [2.05, 4.69) is 15.2 Å². The Bertz CT molecular complexity index is 701. The lowest BCUT2D eigenvalue weighted by atomic mass is 10.1. The van der Waals surface area contributed by atoms with Crippen LogP contribution in [0.1, 0.15) is 5.69 Å². The van der Waals surface area contributed by atoms with Crippen molar-refractivity contribution in [1.82, 2.24) is 15.2 Å². The minimum absolute atomic E-state index is 0.392. The second kappa shape index (κ2) is 4.31. The van der Waals surface area contributed by atoms with Crippen molar-refractivity contribution in [3.8, 4) is 11.1 Å². The summed E-state index contributed by atoms with van der Waals surface area (Å²) in [4.78, 5) is 3.23. The van der Waals surface area contributed by atoms with E-state index in [1.54, 1.807) is 12.3 Å². The average Bonchev–Trinajstić information content (AvgIpc) is 3.00. The van der Waals surface area contributed by atoms with Crippen LogP contribution in [0.3, 0.4) is 0 Å². The Labute approximate surface area is 113 Å². The number of benzene rings is 1. The molecule has 0 atom stereocenters. The molecule has 3 aromatic rings. The molecule has 0 aliphatic carbocycles. The largest absolute Gasteiger partial charge is 0.356 e. The topological polar surface area (TPSA) is 70.5 Å². The van der Waals surface area contributed by atoms with Crippen molar-refractivity contribution in [2.24, 2.45) is 5.73 Å². The van der Waals surface area contributed by atoms with Crippen molar-refractivity contribution in [3.63, 3.8) is 0 Å². The van der Waals surface area contributed by atoms with Gasteiger partial charge < -0.3 is 10.7 Å². The Kier molecular flexibility index (Phi) is 2.78. The van der Waals surface area contributed by atoms with E-state index in [-0.39, 0.29) is 0 Å². The summed E-state index contributed by atoms with van der Waals surface area (Å²) in [6.07, 6.45) is 3.58. The zero-order valence-corrected chi connectivity index (χ0v) is 10.8. The lowest BCUT2D eigenvalue weighted by molar-refractivity contribution is 1.02. The molecule has 0 saturated heterocycles. The third-order valence-corrected chi connectivity index (χ3v) is 3.74. The van der Waals surface area contributed by atoms with Crippen LogP contribution < -0.4 is 5.73 Å². The van der Waals surface area contributed by atoms with E-state index in [4.69, 9.17) is 28.9 Å². The molecule has 0 saturated carbocycles. The maximum atomic E-state index is 6.20. The summed E-state index contributed by atoms with van der Waals surface area (Å²) < 4.78 is 0. The molecule has 0 unspecified atom stereocenters. The monoisotopic (exact) mass is 280 g/mol. The van der Waals surface area contributed by atoms with Gasteiger partial charge in [-0.15, -0.1) is 0 Å². The Balaban J connectivity index is 2.40. The zero-order chi connectivity index (χ0) is 12.7. The average molecular weight is 281 g/mol. The number of nitrogens with one attached hydrogen (secondary N) is 2. The maximum Gasteiger partial charge on any atom is 0.0833 e. The molecule has 0 fully saturated rings. The van der Waals surface area contributed by atoms with Gasteiger partial charge in [-0.25, -0.2) is 0 Å². The highest BCUT2D eigenvalue weighted by atomic mass is 35.5. The van der Waals surface area contributed by atoms with Crippen LogP contribution in [0, 0.1) is 0 Å². The van der Waals surface area contributed by atoms with E-state index in [9.17, 15) is 0 Å². The molecular formula is C12H10Cl2N4. The molecule has 4 nitrogen and oxygen atoms in total. The molecule has 92 valence electrons. The van der Waals surface area contributed by atoms with Crippen LogP contribution >= 0.6 is 23.2 Å². The number of aromatic nitrogens is 3. The molecule has 18 heavy (non-hydrogen) atoms. The van der Waals surface area contributed by atoms with Gasteiger partial charge in [0.05, 0.1) is 21.8 Å². The molecule has 0 spiro atoms. The summed E-state index contributed by atoms with van der Waals surface area (Å²) in [5.74, 6) is 0. The van der Waals surface area contributed by atoms with Crippen LogP contribution in [-0.4, -0.2) is 15.2 Å². The van der Waals surface area contributed by atoms with Crippen molar-refractivity contribution >= 4 is 34.1 Å². The van der Waals surface area contributed by atoms with E-state index >= 15 is 0 Å². The number of aromatic amines is 2. The van der Waals surface area contributed by atoms with Gasteiger partial charge in [0.25, 0.3) is 0 Å². The van der Waals surface area contributed by atoms with Crippen LogP contribution in [0.4, 0.5) is 0 Å². The van der Waals surface area contributed by atoms with Gasteiger partial charge in [0, 0.05) is 34.9 Å². The van der Waals surface area contributed by atoms with E-state index in [1.165, 1.54) is 0 Å². The van der Waals surface area contributed by atoms with Gasteiger partial charge in [0.2, 0.25) is 0 Å². The molecular weight excluding hydrogens is 271 g/mol. The van der Waals surface area contributed by atoms with Crippen molar-refractivity contribution in [2.75, 3.05) is 0 Å². The van der Waals surface area contributed by atoms with E-state index in [0.717, 1.165) is 27.7 Å². The molecule has 0 aliphatic rings. The van der Waals surface area contributed by atoms with Crippen molar-refractivity contribution in [3.05, 3.63) is 40.3 Å².